The Balaban J connectivity index is 2.38. The topological polar surface area (TPSA) is 93.2 Å². The summed E-state index contributed by atoms with van der Waals surface area (Å²) >= 11 is 0. The number of benzene rings is 2. The van der Waals surface area contributed by atoms with Crippen molar-refractivity contribution in [1.29, 1.82) is 5.26 Å². The normalized spacial score (nSPS) is 9.82. The van der Waals surface area contributed by atoms with Gasteiger partial charge in [-0.1, -0.05) is 30.3 Å². The molecule has 0 spiro atoms. The number of nitro benzene ring substituents is 1. The first-order valence-corrected chi connectivity index (χ1v) is 6.43. The summed E-state index contributed by atoms with van der Waals surface area (Å²) in [6.45, 7) is 1.39. The average molecular weight is 296 g/mol. The number of nitrogens with zero attached hydrogens (tertiary/aromatic N) is 2. The molecule has 0 amide bonds. The van der Waals surface area contributed by atoms with Crippen molar-refractivity contribution in [1.82, 2.24) is 0 Å². The Hall–Kier alpha value is -3.20. The lowest BCUT2D eigenvalue weighted by Crippen LogP contribution is -2.04. The molecule has 0 aliphatic rings. The van der Waals surface area contributed by atoms with Crippen LogP contribution in [0.2, 0.25) is 0 Å². The highest BCUT2D eigenvalue weighted by atomic mass is 16.6. The Morgan fingerprint density at radius 1 is 1.32 bits per heavy atom. The van der Waals surface area contributed by atoms with Gasteiger partial charge in [0, 0.05) is 0 Å². The van der Waals surface area contributed by atoms with Gasteiger partial charge in [0.15, 0.2) is 5.78 Å². The average Bonchev–Trinajstić information content (AvgIpc) is 2.52. The minimum Gasteiger partial charge on any atom is -0.487 e. The molecule has 22 heavy (non-hydrogen) atoms. The fourth-order valence-corrected chi connectivity index (χ4v) is 1.94. The van der Waals surface area contributed by atoms with Crippen LogP contribution in [0.5, 0.6) is 5.75 Å². The zero-order chi connectivity index (χ0) is 16.1. The van der Waals surface area contributed by atoms with Gasteiger partial charge in [-0.2, -0.15) is 5.26 Å². The Kier molecular flexibility index (Phi) is 4.49. The van der Waals surface area contributed by atoms with E-state index in [1.54, 1.807) is 0 Å². The molecule has 0 N–H and O–H groups in total. The van der Waals surface area contributed by atoms with E-state index in [1.165, 1.54) is 13.0 Å². The lowest BCUT2D eigenvalue weighted by Gasteiger charge is -2.09. The van der Waals surface area contributed by atoms with Gasteiger partial charge >= 0.3 is 0 Å². The Bertz CT molecular complexity index is 764. The zero-order valence-corrected chi connectivity index (χ0v) is 11.8. The molecule has 0 bridgehead atoms. The molecule has 2 rings (SSSR count). The van der Waals surface area contributed by atoms with E-state index in [2.05, 4.69) is 0 Å². The van der Waals surface area contributed by atoms with Crippen molar-refractivity contribution in [3.8, 4) is 11.8 Å². The molecule has 0 aliphatic heterocycles. The number of rotatable bonds is 5. The summed E-state index contributed by atoms with van der Waals surface area (Å²) in [4.78, 5) is 21.9. The van der Waals surface area contributed by atoms with E-state index in [0.717, 1.165) is 11.6 Å². The van der Waals surface area contributed by atoms with Crippen LogP contribution in [0.15, 0.2) is 42.5 Å². The molecule has 0 unspecified atom stereocenters. The number of ketones is 1. The van der Waals surface area contributed by atoms with Crippen molar-refractivity contribution in [2.45, 2.75) is 13.5 Å². The SMILES string of the molecule is CC(=O)c1cc(C#N)c(OCc2ccccc2)cc1[N+](=O)[O-]. The molecule has 0 aliphatic carbocycles. The monoisotopic (exact) mass is 296 g/mol. The Labute approximate surface area is 126 Å². The fourth-order valence-electron chi connectivity index (χ4n) is 1.94. The maximum atomic E-state index is 11.5. The molecule has 0 atom stereocenters. The standard InChI is InChI=1S/C16H12N2O4/c1-11(19)14-7-13(9-17)16(8-15(14)18(20)21)22-10-12-5-3-2-4-6-12/h2-8H,10H2,1H3. The summed E-state index contributed by atoms with van der Waals surface area (Å²) < 4.78 is 5.50. The van der Waals surface area contributed by atoms with E-state index in [4.69, 9.17) is 10.00 Å². The van der Waals surface area contributed by atoms with Crippen LogP contribution in [0.1, 0.15) is 28.4 Å². The van der Waals surface area contributed by atoms with E-state index in [-0.39, 0.29) is 29.2 Å². The van der Waals surface area contributed by atoms with E-state index in [9.17, 15) is 14.9 Å². The van der Waals surface area contributed by atoms with Crippen molar-refractivity contribution in [3.63, 3.8) is 0 Å². The highest BCUT2D eigenvalue weighted by molar-refractivity contribution is 5.98. The lowest BCUT2D eigenvalue weighted by atomic mass is 10.1. The van der Waals surface area contributed by atoms with Gasteiger partial charge in [0.1, 0.15) is 18.4 Å². The van der Waals surface area contributed by atoms with Crippen LogP contribution in [0.4, 0.5) is 5.69 Å². The third-order valence-electron chi connectivity index (χ3n) is 3.03. The third kappa shape index (κ3) is 3.27. The second-order valence-electron chi connectivity index (χ2n) is 4.56. The molecule has 6 heteroatoms. The van der Waals surface area contributed by atoms with Crippen LogP contribution in [0.25, 0.3) is 0 Å². The van der Waals surface area contributed by atoms with Gasteiger partial charge in [-0.05, 0) is 18.6 Å². The summed E-state index contributed by atoms with van der Waals surface area (Å²) in [5.74, 6) is -0.388. The molecule has 0 radical (unpaired) electrons. The molecular formula is C16H12N2O4. The quantitative estimate of drug-likeness (QED) is 0.479. The molecule has 110 valence electrons. The number of hydrogen-bond acceptors (Lipinski definition) is 5. The van der Waals surface area contributed by atoms with Crippen LogP contribution in [-0.2, 0) is 6.61 Å². The van der Waals surface area contributed by atoms with Gasteiger partial charge in [0.05, 0.1) is 22.1 Å². The fraction of sp³-hybridized carbons (Fsp3) is 0.125. The molecule has 0 fully saturated rings. The van der Waals surface area contributed by atoms with Gasteiger partial charge < -0.3 is 4.74 Å². The minimum absolute atomic E-state index is 0.0862. The van der Waals surface area contributed by atoms with Crippen LogP contribution >= 0.6 is 0 Å². The van der Waals surface area contributed by atoms with Gasteiger partial charge in [0.2, 0.25) is 0 Å². The van der Waals surface area contributed by atoms with E-state index in [1.807, 2.05) is 36.4 Å². The molecule has 0 heterocycles. The van der Waals surface area contributed by atoms with Gasteiger partial charge in [-0.3, -0.25) is 14.9 Å². The molecule has 0 aromatic heterocycles. The van der Waals surface area contributed by atoms with E-state index in [0.29, 0.717) is 0 Å². The molecule has 2 aromatic rings. The highest BCUT2D eigenvalue weighted by Gasteiger charge is 2.22. The Morgan fingerprint density at radius 2 is 2.00 bits per heavy atom. The van der Waals surface area contributed by atoms with Crippen LogP contribution in [-0.4, -0.2) is 10.7 Å². The summed E-state index contributed by atoms with van der Waals surface area (Å²) in [5.41, 5.74) is 0.486. The van der Waals surface area contributed by atoms with Crippen molar-refractivity contribution in [2.24, 2.45) is 0 Å². The van der Waals surface area contributed by atoms with Crippen molar-refractivity contribution in [2.75, 3.05) is 0 Å². The van der Waals surface area contributed by atoms with Gasteiger partial charge in [-0.15, -0.1) is 0 Å². The predicted molar refractivity (Wildman–Crippen MR) is 78.6 cm³/mol. The minimum atomic E-state index is -0.659. The Morgan fingerprint density at radius 3 is 2.55 bits per heavy atom. The maximum Gasteiger partial charge on any atom is 0.283 e. The zero-order valence-electron chi connectivity index (χ0n) is 11.8. The third-order valence-corrected chi connectivity index (χ3v) is 3.03. The molecular weight excluding hydrogens is 284 g/mol. The second kappa shape index (κ2) is 6.50. The first kappa shape index (κ1) is 15.2. The summed E-state index contributed by atoms with van der Waals surface area (Å²) in [6, 6.07) is 13.4. The first-order chi connectivity index (χ1) is 10.5. The number of hydrogen-bond donors (Lipinski definition) is 0. The number of carbonyl (C=O) groups excluding carboxylic acids is 1. The molecule has 2 aromatic carbocycles. The largest absolute Gasteiger partial charge is 0.487 e. The molecule has 6 nitrogen and oxygen atoms in total. The lowest BCUT2D eigenvalue weighted by molar-refractivity contribution is -0.385. The van der Waals surface area contributed by atoms with Crippen molar-refractivity contribution in [3.05, 3.63) is 69.3 Å². The smallest absolute Gasteiger partial charge is 0.283 e. The number of carbonyl (C=O) groups is 1. The van der Waals surface area contributed by atoms with Crippen molar-refractivity contribution >= 4 is 11.5 Å². The predicted octanol–water partition coefficient (Wildman–Crippen LogP) is 3.25. The summed E-state index contributed by atoms with van der Waals surface area (Å²) in [5, 5.41) is 20.2. The molecule has 0 saturated carbocycles. The van der Waals surface area contributed by atoms with Crippen molar-refractivity contribution < 1.29 is 14.5 Å². The van der Waals surface area contributed by atoms with E-state index < -0.39 is 10.7 Å². The van der Waals surface area contributed by atoms with Gasteiger partial charge in [-0.25, -0.2) is 0 Å². The first-order valence-electron chi connectivity index (χ1n) is 6.43. The molecule has 0 saturated heterocycles. The van der Waals surface area contributed by atoms with Crippen LogP contribution in [0.3, 0.4) is 0 Å². The van der Waals surface area contributed by atoms with Crippen LogP contribution < -0.4 is 4.74 Å². The number of Topliss-reactive ketones (excluding diaryl/α,β-unsaturated/α-hetero) is 1. The summed E-state index contributed by atoms with van der Waals surface area (Å²) in [6.07, 6.45) is 0. The van der Waals surface area contributed by atoms with E-state index >= 15 is 0 Å². The van der Waals surface area contributed by atoms with Crippen LogP contribution in [0, 0.1) is 21.4 Å². The number of nitriles is 1. The highest BCUT2D eigenvalue weighted by Crippen LogP contribution is 2.29. The second-order valence-corrected chi connectivity index (χ2v) is 4.56. The number of nitro groups is 1. The van der Waals surface area contributed by atoms with Gasteiger partial charge in [0.25, 0.3) is 5.69 Å². The maximum absolute atomic E-state index is 11.5. The summed E-state index contributed by atoms with van der Waals surface area (Å²) in [7, 11) is 0. The number of ether oxygens (including phenoxy) is 1.